The van der Waals surface area contributed by atoms with E-state index < -0.39 is 10.0 Å². The highest BCUT2D eigenvalue weighted by Crippen LogP contribution is 2.30. The van der Waals surface area contributed by atoms with Crippen LogP contribution in [-0.4, -0.2) is 30.7 Å². The van der Waals surface area contributed by atoms with Gasteiger partial charge in [0.2, 0.25) is 15.9 Å². The minimum atomic E-state index is -3.92. The third-order valence-electron chi connectivity index (χ3n) is 4.11. The van der Waals surface area contributed by atoms with Crippen molar-refractivity contribution >= 4 is 21.6 Å². The maximum Gasteiger partial charge on any atom is 0.243 e. The average molecular weight is 415 g/mol. The van der Waals surface area contributed by atoms with Gasteiger partial charge < -0.3 is 14.5 Å². The molecular weight excluding hydrogens is 394 g/mol. The number of sulfonamides is 1. The van der Waals surface area contributed by atoms with E-state index in [4.69, 9.17) is 9.15 Å². The van der Waals surface area contributed by atoms with Crippen molar-refractivity contribution in [3.63, 3.8) is 0 Å². The molecule has 0 fully saturated rings. The zero-order valence-electron chi connectivity index (χ0n) is 16.0. The second kappa shape index (κ2) is 8.89. The number of pyridine rings is 1. The summed E-state index contributed by atoms with van der Waals surface area (Å²) in [5.41, 5.74) is 1.01. The molecule has 9 heteroatoms. The lowest BCUT2D eigenvalue weighted by Crippen LogP contribution is -2.30. The van der Waals surface area contributed by atoms with Crippen molar-refractivity contribution in [1.82, 2.24) is 9.29 Å². The lowest BCUT2D eigenvalue weighted by Gasteiger charge is -2.22. The van der Waals surface area contributed by atoms with Gasteiger partial charge in [-0.3, -0.25) is 9.78 Å². The van der Waals surface area contributed by atoms with Crippen LogP contribution in [0.2, 0.25) is 0 Å². The number of carbonyl (C=O) groups is 1. The Labute approximate surface area is 169 Å². The molecule has 29 heavy (non-hydrogen) atoms. The van der Waals surface area contributed by atoms with E-state index >= 15 is 0 Å². The van der Waals surface area contributed by atoms with Crippen molar-refractivity contribution in [3.8, 4) is 5.75 Å². The first-order valence-corrected chi connectivity index (χ1v) is 10.2. The normalized spacial score (nSPS) is 11.4. The molecule has 0 aliphatic carbocycles. The van der Waals surface area contributed by atoms with Crippen LogP contribution in [0.3, 0.4) is 0 Å². The lowest BCUT2D eigenvalue weighted by molar-refractivity contribution is -0.114. The van der Waals surface area contributed by atoms with Crippen molar-refractivity contribution in [2.75, 3.05) is 12.4 Å². The number of furan rings is 1. The molecular formula is C20H21N3O5S. The molecule has 2 aromatic heterocycles. The van der Waals surface area contributed by atoms with E-state index in [9.17, 15) is 13.2 Å². The predicted octanol–water partition coefficient (Wildman–Crippen LogP) is 3.03. The minimum Gasteiger partial charge on any atom is -0.495 e. The van der Waals surface area contributed by atoms with Gasteiger partial charge >= 0.3 is 0 Å². The minimum absolute atomic E-state index is 0.0255. The second-order valence-electron chi connectivity index (χ2n) is 6.26. The van der Waals surface area contributed by atoms with Gasteiger partial charge in [-0.15, -0.1) is 0 Å². The van der Waals surface area contributed by atoms with Crippen LogP contribution in [0.25, 0.3) is 0 Å². The molecule has 0 aliphatic rings. The van der Waals surface area contributed by atoms with Crippen LogP contribution in [0.4, 0.5) is 5.69 Å². The number of benzene rings is 1. The quantitative estimate of drug-likeness (QED) is 0.607. The molecule has 0 saturated carbocycles. The van der Waals surface area contributed by atoms with E-state index in [0.29, 0.717) is 11.5 Å². The van der Waals surface area contributed by atoms with Crippen LogP contribution in [0.5, 0.6) is 5.75 Å². The largest absolute Gasteiger partial charge is 0.495 e. The van der Waals surface area contributed by atoms with Crippen LogP contribution < -0.4 is 10.1 Å². The van der Waals surface area contributed by atoms with Crippen LogP contribution in [0.15, 0.2) is 70.4 Å². The number of nitrogens with one attached hydrogen (secondary N) is 1. The van der Waals surface area contributed by atoms with E-state index in [0.717, 1.165) is 5.56 Å². The number of rotatable bonds is 8. The summed E-state index contributed by atoms with van der Waals surface area (Å²) in [6, 6.07) is 11.3. The van der Waals surface area contributed by atoms with Crippen LogP contribution in [0, 0.1) is 0 Å². The number of nitrogens with zero attached hydrogens (tertiary/aromatic N) is 2. The highest BCUT2D eigenvalue weighted by Gasteiger charge is 2.27. The predicted molar refractivity (Wildman–Crippen MR) is 107 cm³/mol. The summed E-state index contributed by atoms with van der Waals surface area (Å²) in [6.45, 7) is 1.50. The number of anilines is 1. The summed E-state index contributed by atoms with van der Waals surface area (Å²) >= 11 is 0. The SMILES string of the molecule is COc1ccc(S(=O)(=O)N(Cc2cccnc2)Cc2ccco2)cc1NC(C)=O. The molecule has 0 saturated heterocycles. The Morgan fingerprint density at radius 1 is 1.21 bits per heavy atom. The number of amides is 1. The zero-order chi connectivity index (χ0) is 20.9. The van der Waals surface area contributed by atoms with Gasteiger partial charge in [0.15, 0.2) is 0 Å². The van der Waals surface area contributed by atoms with Gasteiger partial charge in [0.25, 0.3) is 0 Å². The third-order valence-corrected chi connectivity index (χ3v) is 5.90. The Bertz CT molecular complexity index is 1070. The first kappa shape index (κ1) is 20.6. The molecule has 3 aromatic rings. The van der Waals surface area contributed by atoms with Crippen molar-refractivity contribution in [3.05, 3.63) is 72.4 Å². The molecule has 1 aromatic carbocycles. The molecule has 1 N–H and O–H groups in total. The number of hydrogen-bond acceptors (Lipinski definition) is 6. The van der Waals surface area contributed by atoms with Crippen LogP contribution >= 0.6 is 0 Å². The fourth-order valence-electron chi connectivity index (χ4n) is 2.78. The fourth-order valence-corrected chi connectivity index (χ4v) is 4.20. The van der Waals surface area contributed by atoms with Crippen molar-refractivity contribution < 1.29 is 22.4 Å². The Hall–Kier alpha value is -3.17. The summed E-state index contributed by atoms with van der Waals surface area (Å²) < 4.78 is 38.7. The highest BCUT2D eigenvalue weighted by molar-refractivity contribution is 7.89. The molecule has 152 valence electrons. The Morgan fingerprint density at radius 3 is 2.66 bits per heavy atom. The van der Waals surface area contributed by atoms with E-state index in [1.165, 1.54) is 42.8 Å². The molecule has 3 rings (SSSR count). The standard InChI is InChI=1S/C20H21N3O5S/c1-15(24)22-19-11-18(7-8-20(19)27-2)29(25,26)23(14-17-6-4-10-28-17)13-16-5-3-9-21-12-16/h3-12H,13-14H2,1-2H3,(H,22,24). The van der Waals surface area contributed by atoms with E-state index in [2.05, 4.69) is 10.3 Å². The van der Waals surface area contributed by atoms with E-state index in [1.54, 1.807) is 36.7 Å². The molecule has 0 unspecified atom stereocenters. The Morgan fingerprint density at radius 2 is 2.03 bits per heavy atom. The summed E-state index contributed by atoms with van der Waals surface area (Å²) in [7, 11) is -2.48. The van der Waals surface area contributed by atoms with Gasteiger partial charge in [-0.1, -0.05) is 6.07 Å². The number of methoxy groups -OCH3 is 1. The van der Waals surface area contributed by atoms with Crippen molar-refractivity contribution in [2.24, 2.45) is 0 Å². The summed E-state index contributed by atoms with van der Waals surface area (Å²) in [4.78, 5) is 15.6. The van der Waals surface area contributed by atoms with Gasteiger partial charge in [-0.25, -0.2) is 8.42 Å². The highest BCUT2D eigenvalue weighted by atomic mass is 32.2. The van der Waals surface area contributed by atoms with Crippen LogP contribution in [-0.2, 0) is 27.9 Å². The van der Waals surface area contributed by atoms with E-state index in [-0.39, 0.29) is 29.6 Å². The number of carbonyl (C=O) groups excluding carboxylic acids is 1. The summed E-state index contributed by atoms with van der Waals surface area (Å²) in [6.07, 6.45) is 4.73. The monoisotopic (exact) mass is 415 g/mol. The molecule has 0 radical (unpaired) electrons. The first-order valence-electron chi connectivity index (χ1n) is 8.77. The average Bonchev–Trinajstić information content (AvgIpc) is 3.21. The van der Waals surface area contributed by atoms with Gasteiger partial charge in [0.05, 0.1) is 30.5 Å². The third kappa shape index (κ3) is 5.01. The van der Waals surface area contributed by atoms with Crippen LogP contribution in [0.1, 0.15) is 18.2 Å². The molecule has 2 heterocycles. The molecule has 1 amide bonds. The Balaban J connectivity index is 2.00. The van der Waals surface area contributed by atoms with Crippen molar-refractivity contribution in [1.29, 1.82) is 0 Å². The molecule has 0 aliphatic heterocycles. The second-order valence-corrected chi connectivity index (χ2v) is 8.19. The number of aromatic nitrogens is 1. The van der Waals surface area contributed by atoms with Crippen molar-refractivity contribution in [2.45, 2.75) is 24.9 Å². The fraction of sp³-hybridized carbons (Fsp3) is 0.200. The molecule has 0 atom stereocenters. The summed E-state index contributed by atoms with van der Waals surface area (Å²) in [5.74, 6) is 0.540. The number of ether oxygens (including phenoxy) is 1. The first-order chi connectivity index (χ1) is 13.9. The number of hydrogen-bond donors (Lipinski definition) is 1. The molecule has 8 nitrogen and oxygen atoms in total. The summed E-state index contributed by atoms with van der Waals surface area (Å²) in [5, 5.41) is 2.60. The van der Waals surface area contributed by atoms with Gasteiger partial charge in [0.1, 0.15) is 11.5 Å². The van der Waals surface area contributed by atoms with E-state index in [1.807, 2.05) is 0 Å². The van der Waals surface area contributed by atoms with Gasteiger partial charge in [0, 0.05) is 25.9 Å². The molecule has 0 bridgehead atoms. The Kier molecular flexibility index (Phi) is 6.30. The smallest absolute Gasteiger partial charge is 0.243 e. The van der Waals surface area contributed by atoms with Gasteiger partial charge in [-0.05, 0) is 42.0 Å². The maximum atomic E-state index is 13.4. The van der Waals surface area contributed by atoms with Gasteiger partial charge in [-0.2, -0.15) is 4.31 Å². The molecule has 0 spiro atoms. The maximum absolute atomic E-state index is 13.4. The topological polar surface area (TPSA) is 102 Å². The zero-order valence-corrected chi connectivity index (χ0v) is 16.8. The lowest BCUT2D eigenvalue weighted by atomic mass is 10.3.